The minimum atomic E-state index is -0.468. The first-order chi connectivity index (χ1) is 18.0. The van der Waals surface area contributed by atoms with Crippen molar-refractivity contribution in [2.45, 2.75) is 6.92 Å². The van der Waals surface area contributed by atoms with Crippen LogP contribution in [0.1, 0.15) is 21.6 Å². The Bertz CT molecular complexity index is 1600. The first-order valence-electron chi connectivity index (χ1n) is 11.5. The Balaban J connectivity index is 1.45. The second-order valence-corrected chi connectivity index (χ2v) is 9.62. The molecule has 5 aromatic rings. The number of carbonyl (C=O) groups is 1. The molecular formula is C30H21BrClN3O2. The largest absolute Gasteiger partial charge is 0.423 e. The van der Waals surface area contributed by atoms with Crippen molar-refractivity contribution in [3.8, 4) is 22.6 Å². The third-order valence-electron chi connectivity index (χ3n) is 5.64. The monoisotopic (exact) mass is 569 g/mol. The lowest BCUT2D eigenvalue weighted by Crippen LogP contribution is -2.08. The van der Waals surface area contributed by atoms with Crippen molar-refractivity contribution in [2.75, 3.05) is 0 Å². The third-order valence-corrected chi connectivity index (χ3v) is 6.37. The number of esters is 1. The van der Waals surface area contributed by atoms with Crippen molar-refractivity contribution in [1.82, 2.24) is 9.78 Å². The van der Waals surface area contributed by atoms with Crippen LogP contribution in [0.25, 0.3) is 16.8 Å². The van der Waals surface area contributed by atoms with E-state index in [0.29, 0.717) is 16.3 Å². The maximum absolute atomic E-state index is 12.4. The number of benzene rings is 4. The van der Waals surface area contributed by atoms with Crippen LogP contribution in [0.3, 0.4) is 0 Å². The van der Waals surface area contributed by atoms with E-state index in [0.717, 1.165) is 38.4 Å². The van der Waals surface area contributed by atoms with Gasteiger partial charge in [-0.1, -0.05) is 63.9 Å². The number of ether oxygens (including phenoxy) is 1. The maximum atomic E-state index is 12.4. The van der Waals surface area contributed by atoms with Crippen LogP contribution in [0.5, 0.6) is 5.75 Å². The van der Waals surface area contributed by atoms with E-state index in [1.165, 1.54) is 0 Å². The molecule has 0 atom stereocenters. The number of rotatable bonds is 6. The summed E-state index contributed by atoms with van der Waals surface area (Å²) in [6.07, 6.45) is 1.78. The molecule has 1 aromatic heterocycles. The number of para-hydroxylation sites is 1. The number of aliphatic imine (C=N–C) groups is 1. The van der Waals surface area contributed by atoms with Gasteiger partial charge in [-0.3, -0.25) is 0 Å². The van der Waals surface area contributed by atoms with Gasteiger partial charge in [0.1, 0.15) is 5.75 Å². The molecule has 0 unspecified atom stereocenters. The van der Waals surface area contributed by atoms with Crippen molar-refractivity contribution in [1.29, 1.82) is 0 Å². The fraction of sp³-hybridized carbons (Fsp3) is 0.0333. The zero-order chi connectivity index (χ0) is 25.8. The molecule has 1 heterocycles. The topological polar surface area (TPSA) is 56.5 Å². The van der Waals surface area contributed by atoms with Gasteiger partial charge in [0, 0.05) is 21.3 Å². The summed E-state index contributed by atoms with van der Waals surface area (Å²) in [5, 5.41) is 5.28. The molecule has 0 spiro atoms. The minimum Gasteiger partial charge on any atom is -0.423 e. The van der Waals surface area contributed by atoms with E-state index in [1.807, 2.05) is 72.3 Å². The zero-order valence-electron chi connectivity index (χ0n) is 19.8. The molecule has 182 valence electrons. The van der Waals surface area contributed by atoms with Gasteiger partial charge in [-0.15, -0.1) is 0 Å². The predicted octanol–water partition coefficient (Wildman–Crippen LogP) is 8.23. The third kappa shape index (κ3) is 5.71. The molecule has 0 saturated heterocycles. The van der Waals surface area contributed by atoms with Crippen LogP contribution in [0.4, 0.5) is 5.82 Å². The quantitative estimate of drug-likeness (QED) is 0.117. The number of hydrogen-bond acceptors (Lipinski definition) is 4. The summed E-state index contributed by atoms with van der Waals surface area (Å²) in [5.41, 5.74) is 5.00. The second-order valence-electron chi connectivity index (χ2n) is 8.27. The summed E-state index contributed by atoms with van der Waals surface area (Å²) in [5.74, 6) is 0.685. The van der Waals surface area contributed by atoms with Crippen molar-refractivity contribution in [2.24, 2.45) is 4.99 Å². The van der Waals surface area contributed by atoms with Crippen LogP contribution in [0.15, 0.2) is 113 Å². The Hall–Kier alpha value is -4.00. The van der Waals surface area contributed by atoms with Crippen LogP contribution in [0, 0.1) is 6.92 Å². The van der Waals surface area contributed by atoms with Gasteiger partial charge in [-0.05, 0) is 84.8 Å². The Morgan fingerprint density at radius 1 is 0.946 bits per heavy atom. The highest BCUT2D eigenvalue weighted by molar-refractivity contribution is 9.10. The highest BCUT2D eigenvalue weighted by atomic mass is 79.9. The summed E-state index contributed by atoms with van der Waals surface area (Å²) < 4.78 is 8.31. The number of nitrogens with zero attached hydrogens (tertiary/aromatic N) is 3. The summed E-state index contributed by atoms with van der Waals surface area (Å²) in [6, 6.07) is 31.8. The van der Waals surface area contributed by atoms with Crippen molar-refractivity contribution < 1.29 is 9.53 Å². The summed E-state index contributed by atoms with van der Waals surface area (Å²) in [4.78, 5) is 17.3. The highest BCUT2D eigenvalue weighted by Crippen LogP contribution is 2.36. The molecule has 0 aliphatic rings. The molecule has 0 aliphatic carbocycles. The molecule has 0 bridgehead atoms. The second kappa shape index (κ2) is 10.9. The standard InChI is InChI=1S/C30H21BrClN3O2/c1-20-28(22-7-5-9-24(31)17-22)29(35(34-20)26-11-3-2-4-12-26)33-19-21-13-15-27(16-14-21)37-30(36)23-8-6-10-25(32)18-23/h2-19H,1H3/b33-19+. The smallest absolute Gasteiger partial charge is 0.343 e. The molecular weight excluding hydrogens is 550 g/mol. The fourth-order valence-corrected chi connectivity index (χ4v) is 4.49. The van der Waals surface area contributed by atoms with E-state index in [2.05, 4.69) is 22.0 Å². The first-order valence-corrected chi connectivity index (χ1v) is 12.7. The molecule has 5 rings (SSSR count). The summed E-state index contributed by atoms with van der Waals surface area (Å²) in [7, 11) is 0. The lowest BCUT2D eigenvalue weighted by molar-refractivity contribution is 0.0734. The molecule has 37 heavy (non-hydrogen) atoms. The van der Waals surface area contributed by atoms with Gasteiger partial charge in [0.15, 0.2) is 5.82 Å². The number of aryl methyl sites for hydroxylation is 1. The van der Waals surface area contributed by atoms with Gasteiger partial charge >= 0.3 is 5.97 Å². The van der Waals surface area contributed by atoms with Crippen LogP contribution in [-0.4, -0.2) is 22.0 Å². The Morgan fingerprint density at radius 3 is 2.43 bits per heavy atom. The molecule has 0 fully saturated rings. The van der Waals surface area contributed by atoms with E-state index in [9.17, 15) is 4.79 Å². The SMILES string of the molecule is Cc1nn(-c2ccccc2)c(/N=C/c2ccc(OC(=O)c3cccc(Cl)c3)cc2)c1-c1cccc(Br)c1. The maximum Gasteiger partial charge on any atom is 0.343 e. The van der Waals surface area contributed by atoms with E-state index >= 15 is 0 Å². The minimum absolute atomic E-state index is 0.391. The number of hydrogen-bond donors (Lipinski definition) is 0. The molecule has 0 N–H and O–H groups in total. The molecule has 7 heteroatoms. The molecule has 0 radical (unpaired) electrons. The van der Waals surface area contributed by atoms with Gasteiger partial charge < -0.3 is 4.74 Å². The van der Waals surface area contributed by atoms with Crippen molar-refractivity contribution in [3.63, 3.8) is 0 Å². The van der Waals surface area contributed by atoms with E-state index < -0.39 is 5.97 Å². The highest BCUT2D eigenvalue weighted by Gasteiger charge is 2.18. The van der Waals surface area contributed by atoms with Gasteiger partial charge in [0.05, 0.1) is 16.9 Å². The van der Waals surface area contributed by atoms with Gasteiger partial charge in [-0.25, -0.2) is 14.5 Å². The van der Waals surface area contributed by atoms with Crippen molar-refractivity contribution >= 4 is 45.5 Å². The van der Waals surface area contributed by atoms with Gasteiger partial charge in [0.25, 0.3) is 0 Å². The van der Waals surface area contributed by atoms with E-state index in [1.54, 1.807) is 42.6 Å². The number of halogens is 2. The normalized spacial score (nSPS) is 11.1. The van der Waals surface area contributed by atoms with Crippen LogP contribution < -0.4 is 4.74 Å². The average Bonchev–Trinajstić information content (AvgIpc) is 3.24. The van der Waals surface area contributed by atoms with Gasteiger partial charge in [0.2, 0.25) is 0 Å². The lowest BCUT2D eigenvalue weighted by Gasteiger charge is -2.07. The Morgan fingerprint density at radius 2 is 1.70 bits per heavy atom. The molecule has 0 aliphatic heterocycles. The predicted molar refractivity (Wildman–Crippen MR) is 152 cm³/mol. The van der Waals surface area contributed by atoms with E-state index in [4.69, 9.17) is 26.4 Å². The number of carbonyl (C=O) groups excluding carboxylic acids is 1. The molecule has 4 aromatic carbocycles. The van der Waals surface area contributed by atoms with Crippen molar-refractivity contribution in [3.05, 3.63) is 129 Å². The summed E-state index contributed by atoms with van der Waals surface area (Å²) >= 11 is 9.55. The Labute approximate surface area is 228 Å². The van der Waals surface area contributed by atoms with E-state index in [-0.39, 0.29) is 0 Å². The molecule has 0 saturated carbocycles. The summed E-state index contributed by atoms with van der Waals surface area (Å²) in [6.45, 7) is 1.98. The lowest BCUT2D eigenvalue weighted by atomic mass is 10.1. The van der Waals surface area contributed by atoms with Crippen LogP contribution in [-0.2, 0) is 0 Å². The molecule has 5 nitrogen and oxygen atoms in total. The zero-order valence-corrected chi connectivity index (χ0v) is 22.1. The Kier molecular flexibility index (Phi) is 7.30. The van der Waals surface area contributed by atoms with Crippen LogP contribution >= 0.6 is 27.5 Å². The first kappa shape index (κ1) is 24.7. The van der Waals surface area contributed by atoms with Gasteiger partial charge in [-0.2, -0.15) is 5.10 Å². The number of aromatic nitrogens is 2. The average molecular weight is 571 g/mol. The fourth-order valence-electron chi connectivity index (χ4n) is 3.90. The van der Waals surface area contributed by atoms with Crippen LogP contribution in [0.2, 0.25) is 5.02 Å². The molecule has 0 amide bonds.